The molecule has 0 radical (unpaired) electrons. The van der Waals surface area contributed by atoms with E-state index in [0.717, 1.165) is 6.42 Å². The largest absolute Gasteiger partial charge is 0.347 e. The van der Waals surface area contributed by atoms with Crippen molar-refractivity contribution in [2.45, 2.75) is 12.2 Å². The van der Waals surface area contributed by atoms with Crippen molar-refractivity contribution in [3.05, 3.63) is 12.2 Å². The van der Waals surface area contributed by atoms with Crippen LogP contribution in [0.5, 0.6) is 0 Å². The van der Waals surface area contributed by atoms with Crippen LogP contribution in [0.4, 0.5) is 0 Å². The van der Waals surface area contributed by atoms with E-state index < -0.39 is 5.79 Å². The SMILES string of the molecule is CO[C@@]12OC[C@@H]3C[C@@H](C=C[C@@H]31)C2=O. The number of methoxy groups -OCH3 is 1. The summed E-state index contributed by atoms with van der Waals surface area (Å²) in [5.74, 6) is -0.0983. The number of allylic oxidation sites excluding steroid dienone is 1. The highest BCUT2D eigenvalue weighted by atomic mass is 16.7. The van der Waals surface area contributed by atoms with Crippen molar-refractivity contribution in [3.63, 3.8) is 0 Å². The van der Waals surface area contributed by atoms with Gasteiger partial charge >= 0.3 is 0 Å². The van der Waals surface area contributed by atoms with Gasteiger partial charge in [-0.15, -0.1) is 0 Å². The molecule has 0 aromatic heterocycles. The Balaban J connectivity index is 2.14. The number of ether oxygens (including phenoxy) is 2. The molecule has 1 saturated carbocycles. The number of carbonyl (C=O) groups excluding carboxylic acids is 1. The van der Waals surface area contributed by atoms with Crippen LogP contribution in [-0.2, 0) is 14.3 Å². The first-order chi connectivity index (χ1) is 6.28. The van der Waals surface area contributed by atoms with Crippen LogP contribution in [0.15, 0.2) is 12.2 Å². The Bertz CT molecular complexity index is 297. The minimum absolute atomic E-state index is 0.0393. The molecule has 0 unspecified atom stereocenters. The Morgan fingerprint density at radius 3 is 3.15 bits per heavy atom. The first-order valence-electron chi connectivity index (χ1n) is 4.69. The molecule has 4 rings (SSSR count). The van der Waals surface area contributed by atoms with Crippen LogP contribution in [-0.4, -0.2) is 25.3 Å². The monoisotopic (exact) mass is 180 g/mol. The number of rotatable bonds is 1. The number of hydrogen-bond acceptors (Lipinski definition) is 3. The molecule has 4 bridgehead atoms. The first-order valence-corrected chi connectivity index (χ1v) is 4.69. The minimum atomic E-state index is -0.914. The Morgan fingerprint density at radius 1 is 1.62 bits per heavy atom. The average Bonchev–Trinajstić information content (AvgIpc) is 2.50. The first kappa shape index (κ1) is 7.71. The highest BCUT2D eigenvalue weighted by Gasteiger charge is 2.62. The maximum atomic E-state index is 11.9. The van der Waals surface area contributed by atoms with E-state index in [4.69, 9.17) is 9.47 Å². The Morgan fingerprint density at radius 2 is 2.46 bits per heavy atom. The molecular formula is C10H12O3. The fourth-order valence-corrected chi connectivity index (χ4v) is 2.88. The summed E-state index contributed by atoms with van der Waals surface area (Å²) >= 11 is 0. The lowest BCUT2D eigenvalue weighted by atomic mass is 9.67. The summed E-state index contributed by atoms with van der Waals surface area (Å²) < 4.78 is 10.8. The highest BCUT2D eigenvalue weighted by Crippen LogP contribution is 2.51. The molecule has 0 N–H and O–H groups in total. The highest BCUT2D eigenvalue weighted by molar-refractivity contribution is 5.92. The zero-order chi connectivity index (χ0) is 9.05. The van der Waals surface area contributed by atoms with Gasteiger partial charge in [0.25, 0.3) is 0 Å². The van der Waals surface area contributed by atoms with Crippen molar-refractivity contribution in [2.24, 2.45) is 17.8 Å². The summed E-state index contributed by atoms with van der Waals surface area (Å²) in [6.07, 6.45) is 5.05. The molecule has 3 nitrogen and oxygen atoms in total. The number of carbonyl (C=O) groups is 1. The lowest BCUT2D eigenvalue weighted by molar-refractivity contribution is -0.214. The quantitative estimate of drug-likeness (QED) is 0.558. The van der Waals surface area contributed by atoms with Gasteiger partial charge in [-0.2, -0.15) is 0 Å². The molecule has 0 aromatic carbocycles. The molecule has 4 aliphatic rings. The molecule has 0 spiro atoms. The summed E-state index contributed by atoms with van der Waals surface area (Å²) in [4.78, 5) is 11.9. The van der Waals surface area contributed by atoms with Crippen molar-refractivity contribution in [3.8, 4) is 0 Å². The second-order valence-corrected chi connectivity index (χ2v) is 4.06. The normalized spacial score (nSPS) is 51.8. The molecular weight excluding hydrogens is 168 g/mol. The van der Waals surface area contributed by atoms with Gasteiger partial charge in [0.05, 0.1) is 6.61 Å². The van der Waals surface area contributed by atoms with E-state index in [1.165, 1.54) is 0 Å². The lowest BCUT2D eigenvalue weighted by Gasteiger charge is -2.41. The van der Waals surface area contributed by atoms with Crippen molar-refractivity contribution in [1.82, 2.24) is 0 Å². The van der Waals surface area contributed by atoms with E-state index in [1.807, 2.05) is 6.08 Å². The smallest absolute Gasteiger partial charge is 0.236 e. The van der Waals surface area contributed by atoms with E-state index in [9.17, 15) is 4.79 Å². The van der Waals surface area contributed by atoms with Crippen LogP contribution < -0.4 is 0 Å². The van der Waals surface area contributed by atoms with E-state index in [0.29, 0.717) is 12.5 Å². The van der Waals surface area contributed by atoms with Crippen LogP contribution in [0.2, 0.25) is 0 Å². The van der Waals surface area contributed by atoms with Crippen LogP contribution in [0.25, 0.3) is 0 Å². The molecule has 3 heteroatoms. The zero-order valence-corrected chi connectivity index (χ0v) is 7.53. The molecule has 70 valence electrons. The van der Waals surface area contributed by atoms with Crippen molar-refractivity contribution >= 4 is 5.78 Å². The standard InChI is InChI=1S/C10H12O3/c1-12-10-8-3-2-6(9(10)11)4-7(8)5-13-10/h2-3,6-8H,4-5H2,1H3/t6-,7+,8+,10-/m1/s1. The van der Waals surface area contributed by atoms with Gasteiger partial charge in [0.15, 0.2) is 5.78 Å². The summed E-state index contributed by atoms with van der Waals surface area (Å²) in [5.41, 5.74) is 0. The predicted molar refractivity (Wildman–Crippen MR) is 44.9 cm³/mol. The van der Waals surface area contributed by atoms with Crippen LogP contribution in [0, 0.1) is 17.8 Å². The van der Waals surface area contributed by atoms with Gasteiger partial charge in [0, 0.05) is 18.9 Å². The number of hydrogen-bond donors (Lipinski definition) is 0. The Hall–Kier alpha value is -0.670. The van der Waals surface area contributed by atoms with E-state index >= 15 is 0 Å². The molecule has 1 heterocycles. The summed E-state index contributed by atoms with van der Waals surface area (Å²) in [5, 5.41) is 0. The third-order valence-corrected chi connectivity index (χ3v) is 3.55. The predicted octanol–water partition coefficient (Wildman–Crippen LogP) is 0.750. The van der Waals surface area contributed by atoms with Crippen molar-refractivity contribution < 1.29 is 14.3 Å². The fraction of sp³-hybridized carbons (Fsp3) is 0.700. The average molecular weight is 180 g/mol. The van der Waals surface area contributed by atoms with E-state index in [-0.39, 0.29) is 17.6 Å². The fourth-order valence-electron chi connectivity index (χ4n) is 2.88. The summed E-state index contributed by atoms with van der Waals surface area (Å²) in [6, 6.07) is 0. The van der Waals surface area contributed by atoms with Crippen LogP contribution in [0.3, 0.4) is 0 Å². The van der Waals surface area contributed by atoms with Crippen LogP contribution in [0.1, 0.15) is 6.42 Å². The van der Waals surface area contributed by atoms with E-state index in [2.05, 4.69) is 6.08 Å². The van der Waals surface area contributed by atoms with Gasteiger partial charge in [0.1, 0.15) is 0 Å². The second kappa shape index (κ2) is 2.22. The molecule has 4 atom stereocenters. The van der Waals surface area contributed by atoms with Gasteiger partial charge in [-0.25, -0.2) is 0 Å². The van der Waals surface area contributed by atoms with Gasteiger partial charge < -0.3 is 9.47 Å². The maximum absolute atomic E-state index is 11.9. The molecule has 1 aliphatic heterocycles. The molecule has 2 fully saturated rings. The lowest BCUT2D eigenvalue weighted by Crippen LogP contribution is -2.54. The number of Topliss-reactive ketones (excluding diaryl/α,β-unsaturated/α-hetero) is 1. The zero-order valence-electron chi connectivity index (χ0n) is 7.53. The van der Waals surface area contributed by atoms with Gasteiger partial charge in [-0.3, -0.25) is 4.79 Å². The number of ketones is 1. The minimum Gasteiger partial charge on any atom is -0.347 e. The second-order valence-electron chi connectivity index (χ2n) is 4.06. The molecule has 3 aliphatic carbocycles. The van der Waals surface area contributed by atoms with Crippen molar-refractivity contribution in [2.75, 3.05) is 13.7 Å². The Labute approximate surface area is 76.7 Å². The van der Waals surface area contributed by atoms with Crippen molar-refractivity contribution in [1.29, 1.82) is 0 Å². The third kappa shape index (κ3) is 0.708. The molecule has 13 heavy (non-hydrogen) atoms. The molecule has 1 saturated heterocycles. The molecule has 0 aromatic rings. The van der Waals surface area contributed by atoms with Gasteiger partial charge in [-0.1, -0.05) is 12.2 Å². The third-order valence-electron chi connectivity index (χ3n) is 3.55. The Kier molecular flexibility index (Phi) is 1.32. The van der Waals surface area contributed by atoms with E-state index in [1.54, 1.807) is 7.11 Å². The van der Waals surface area contributed by atoms with Gasteiger partial charge in [-0.05, 0) is 12.3 Å². The van der Waals surface area contributed by atoms with Gasteiger partial charge in [0.2, 0.25) is 5.79 Å². The van der Waals surface area contributed by atoms with Crippen LogP contribution >= 0.6 is 0 Å². The molecule has 0 amide bonds. The topological polar surface area (TPSA) is 35.5 Å². The summed E-state index contributed by atoms with van der Waals surface area (Å²) in [7, 11) is 1.56. The summed E-state index contributed by atoms with van der Waals surface area (Å²) in [6.45, 7) is 0.672. The maximum Gasteiger partial charge on any atom is 0.236 e.